The Kier molecular flexibility index (Phi) is 2.57. The van der Waals surface area contributed by atoms with E-state index in [2.05, 4.69) is 0 Å². The van der Waals surface area contributed by atoms with E-state index >= 15 is 0 Å². The van der Waals surface area contributed by atoms with Crippen molar-refractivity contribution in [3.05, 3.63) is 35.8 Å². The van der Waals surface area contributed by atoms with E-state index in [4.69, 9.17) is 27.2 Å². The zero-order chi connectivity index (χ0) is 13.8. The number of carbonyl (C=O) groups excluding carboxylic acids is 1. The molecule has 0 spiro atoms. The smallest absolute Gasteiger partial charge is 0.259 e. The topological polar surface area (TPSA) is 96.7 Å². The maximum atomic E-state index is 11.1. The highest BCUT2D eigenvalue weighted by atomic mass is 35.5. The number of primary amides is 1. The van der Waals surface area contributed by atoms with Crippen LogP contribution in [-0.4, -0.2) is 39.8 Å². The number of alkyl halides is 1. The summed E-state index contributed by atoms with van der Waals surface area (Å²) >= 11 is 6.30. The number of hydrogen-bond donors (Lipinski definition) is 3. The summed E-state index contributed by atoms with van der Waals surface area (Å²) in [5, 5.41) is 19.0. The fourth-order valence-corrected chi connectivity index (χ4v) is 2.74. The molecule has 0 saturated carbocycles. The summed E-state index contributed by atoms with van der Waals surface area (Å²) in [6.45, 7) is -0.307. The molecule has 4 N–H and O–H groups in total. The molecule has 0 aromatic carbocycles. The Morgan fingerprint density at radius 2 is 2.37 bits per heavy atom. The Morgan fingerprint density at radius 1 is 1.63 bits per heavy atom. The number of halogens is 1. The van der Waals surface area contributed by atoms with Gasteiger partial charge < -0.3 is 20.7 Å². The van der Waals surface area contributed by atoms with E-state index in [1.807, 2.05) is 0 Å². The van der Waals surface area contributed by atoms with Crippen molar-refractivity contribution >= 4 is 23.2 Å². The molecule has 0 radical (unpaired) electrons. The van der Waals surface area contributed by atoms with Gasteiger partial charge >= 0.3 is 0 Å². The zero-order valence-corrected chi connectivity index (χ0v) is 10.5. The molecule has 1 aliphatic carbocycles. The van der Waals surface area contributed by atoms with Gasteiger partial charge in [-0.1, -0.05) is 11.6 Å². The molecule has 19 heavy (non-hydrogen) atoms. The molecule has 2 heterocycles. The first-order valence-corrected chi connectivity index (χ1v) is 6.09. The van der Waals surface area contributed by atoms with Crippen LogP contribution in [0.5, 0.6) is 0 Å². The molecule has 1 amide bonds. The number of amides is 1. The summed E-state index contributed by atoms with van der Waals surface area (Å²) in [6.07, 6.45) is 1.48. The molecule has 1 saturated heterocycles. The second-order valence-electron chi connectivity index (χ2n) is 4.54. The van der Waals surface area contributed by atoms with Crippen LogP contribution < -0.4 is 10.3 Å². The Labute approximate surface area is 113 Å². The predicted octanol–water partition coefficient (Wildman–Crippen LogP) is -1.02. The summed E-state index contributed by atoms with van der Waals surface area (Å²) in [7, 11) is 0. The van der Waals surface area contributed by atoms with Crippen molar-refractivity contribution in [2.75, 3.05) is 6.61 Å². The number of aliphatic hydroxyl groups is 2. The molecule has 1 fully saturated rings. The number of carbonyl (C=O) groups is 1. The number of rotatable bonds is 3. The van der Waals surface area contributed by atoms with Gasteiger partial charge in [0.2, 0.25) is 10.6 Å². The van der Waals surface area contributed by atoms with Crippen molar-refractivity contribution in [2.24, 2.45) is 5.73 Å². The largest absolute Gasteiger partial charge is 0.480 e. The van der Waals surface area contributed by atoms with Crippen LogP contribution in [0.15, 0.2) is 30.3 Å². The van der Waals surface area contributed by atoms with E-state index in [1.165, 1.54) is 6.20 Å². The number of ether oxygens (including phenoxy) is 1. The molecule has 7 heteroatoms. The van der Waals surface area contributed by atoms with Gasteiger partial charge in [0.1, 0.15) is 11.7 Å². The van der Waals surface area contributed by atoms with Gasteiger partial charge in [-0.05, 0) is 6.07 Å². The van der Waals surface area contributed by atoms with Crippen LogP contribution in [0.4, 0.5) is 0 Å². The predicted molar refractivity (Wildman–Crippen MR) is 64.9 cm³/mol. The first-order chi connectivity index (χ1) is 9.00. The SMILES string of the molecule is NC(=O)c1ccc[n+](C2=C3OC(CO)C(O)C32Cl)c1. The van der Waals surface area contributed by atoms with Gasteiger partial charge in [-0.3, -0.25) is 4.79 Å². The molecular weight excluding hydrogens is 272 g/mol. The molecule has 100 valence electrons. The third-order valence-corrected chi connectivity index (χ3v) is 3.95. The number of nitrogens with zero attached hydrogens (tertiary/aromatic N) is 1. The maximum absolute atomic E-state index is 11.1. The number of fused-ring (bicyclic) bond motifs is 1. The second kappa shape index (κ2) is 3.93. The standard InChI is InChI=1S/C12H11ClN2O4/c13-12-8(10(12)19-7(5-16)9(12)17)15-3-1-2-6(4-15)11(14)18/h1-4,7,9,16-17H,5H2,(H-,14,18)/p+1. The minimum atomic E-state index is -1.12. The Morgan fingerprint density at radius 3 is 2.89 bits per heavy atom. The molecular formula is C12H12ClN2O4+. The Hall–Kier alpha value is -1.63. The number of aromatic nitrogens is 1. The fraction of sp³-hybridized carbons (Fsp3) is 0.333. The van der Waals surface area contributed by atoms with Gasteiger partial charge in [-0.15, -0.1) is 0 Å². The molecule has 3 atom stereocenters. The van der Waals surface area contributed by atoms with Crippen LogP contribution in [0.25, 0.3) is 5.70 Å². The first kappa shape index (κ1) is 12.4. The van der Waals surface area contributed by atoms with E-state index in [9.17, 15) is 9.90 Å². The molecule has 3 unspecified atom stereocenters. The lowest BCUT2D eigenvalue weighted by Gasteiger charge is -2.15. The summed E-state index contributed by atoms with van der Waals surface area (Å²) in [5.41, 5.74) is 6.10. The quantitative estimate of drug-likeness (QED) is 0.489. The average molecular weight is 284 g/mol. The summed E-state index contributed by atoms with van der Waals surface area (Å²) in [4.78, 5) is 10.0. The lowest BCUT2D eigenvalue weighted by atomic mass is 10.1. The van der Waals surface area contributed by atoms with Gasteiger partial charge in [0.25, 0.3) is 11.6 Å². The van der Waals surface area contributed by atoms with E-state index in [0.29, 0.717) is 17.0 Å². The van der Waals surface area contributed by atoms with Crippen LogP contribution in [-0.2, 0) is 4.74 Å². The maximum Gasteiger partial charge on any atom is 0.259 e. The number of nitrogens with two attached hydrogens (primary N) is 1. The number of aliphatic hydroxyl groups excluding tert-OH is 2. The normalized spacial score (nSPS) is 31.9. The van der Waals surface area contributed by atoms with E-state index in [1.54, 1.807) is 22.9 Å². The minimum Gasteiger partial charge on any atom is -0.480 e. The third-order valence-electron chi connectivity index (χ3n) is 3.38. The van der Waals surface area contributed by atoms with E-state index < -0.39 is 23.0 Å². The van der Waals surface area contributed by atoms with E-state index in [0.717, 1.165) is 0 Å². The lowest BCUT2D eigenvalue weighted by molar-refractivity contribution is -0.580. The Balaban J connectivity index is 1.96. The summed E-state index contributed by atoms with van der Waals surface area (Å²) in [5.74, 6) is -0.128. The molecule has 1 aromatic heterocycles. The third kappa shape index (κ3) is 1.57. The molecule has 1 aromatic rings. The van der Waals surface area contributed by atoms with Crippen molar-refractivity contribution < 1.29 is 24.3 Å². The molecule has 2 aliphatic rings. The van der Waals surface area contributed by atoms with Crippen LogP contribution in [0, 0.1) is 0 Å². The summed E-state index contributed by atoms with van der Waals surface area (Å²) in [6, 6.07) is 3.23. The monoisotopic (exact) mass is 283 g/mol. The Bertz CT molecular complexity index is 603. The minimum absolute atomic E-state index is 0.307. The van der Waals surface area contributed by atoms with Crippen molar-refractivity contribution in [2.45, 2.75) is 17.1 Å². The fourth-order valence-electron chi connectivity index (χ4n) is 2.33. The van der Waals surface area contributed by atoms with Crippen LogP contribution in [0.1, 0.15) is 10.4 Å². The van der Waals surface area contributed by atoms with Gasteiger partial charge in [0.15, 0.2) is 18.5 Å². The van der Waals surface area contributed by atoms with Gasteiger partial charge in [0.05, 0.1) is 6.61 Å². The highest BCUT2D eigenvalue weighted by Gasteiger charge is 2.74. The zero-order valence-electron chi connectivity index (χ0n) is 9.78. The molecule has 6 nitrogen and oxygen atoms in total. The average Bonchev–Trinajstić information content (AvgIpc) is 2.92. The van der Waals surface area contributed by atoms with Crippen LogP contribution in [0.2, 0.25) is 0 Å². The van der Waals surface area contributed by atoms with Crippen molar-refractivity contribution in [1.82, 2.24) is 0 Å². The van der Waals surface area contributed by atoms with Crippen molar-refractivity contribution in [1.29, 1.82) is 0 Å². The summed E-state index contributed by atoms with van der Waals surface area (Å²) < 4.78 is 6.97. The van der Waals surface area contributed by atoms with Crippen molar-refractivity contribution in [3.63, 3.8) is 0 Å². The molecule has 1 aliphatic heterocycles. The van der Waals surface area contributed by atoms with Crippen LogP contribution in [0.3, 0.4) is 0 Å². The molecule has 3 rings (SSSR count). The first-order valence-electron chi connectivity index (χ1n) is 5.71. The van der Waals surface area contributed by atoms with Gasteiger partial charge in [-0.2, -0.15) is 4.57 Å². The lowest BCUT2D eigenvalue weighted by Crippen LogP contribution is -2.42. The highest BCUT2D eigenvalue weighted by Crippen LogP contribution is 2.59. The number of pyridine rings is 1. The second-order valence-corrected chi connectivity index (χ2v) is 5.13. The molecule has 0 bridgehead atoms. The number of hydrogen-bond acceptors (Lipinski definition) is 4. The van der Waals surface area contributed by atoms with Crippen molar-refractivity contribution in [3.8, 4) is 0 Å². The van der Waals surface area contributed by atoms with Gasteiger partial charge in [0, 0.05) is 6.07 Å². The highest BCUT2D eigenvalue weighted by molar-refractivity contribution is 6.36. The van der Waals surface area contributed by atoms with Gasteiger partial charge in [-0.25, -0.2) is 0 Å². The van der Waals surface area contributed by atoms with E-state index in [-0.39, 0.29) is 6.61 Å². The van der Waals surface area contributed by atoms with Crippen LogP contribution >= 0.6 is 11.6 Å².